The predicted molar refractivity (Wildman–Crippen MR) is 115 cm³/mol. The number of hydrogen-bond donors (Lipinski definition) is 1. The zero-order valence-corrected chi connectivity index (χ0v) is 15.3. The highest BCUT2D eigenvalue weighted by Gasteiger charge is 2.24. The highest BCUT2D eigenvalue weighted by Crippen LogP contribution is 2.49. The van der Waals surface area contributed by atoms with Crippen LogP contribution < -0.4 is 0 Å². The van der Waals surface area contributed by atoms with Gasteiger partial charge in [0.2, 0.25) is 0 Å². The van der Waals surface area contributed by atoms with Crippen LogP contribution in [0.4, 0.5) is 0 Å². The first-order valence-electron chi connectivity index (χ1n) is 9.10. The summed E-state index contributed by atoms with van der Waals surface area (Å²) < 4.78 is 34.3. The van der Waals surface area contributed by atoms with Crippen molar-refractivity contribution in [3.63, 3.8) is 0 Å². The fourth-order valence-corrected chi connectivity index (χ4v) is 5.89. The van der Waals surface area contributed by atoms with E-state index in [4.69, 9.17) is 0 Å². The zero-order valence-electron chi connectivity index (χ0n) is 14.5. The fourth-order valence-electron chi connectivity index (χ4n) is 5.17. The number of hydrogen-bond acceptors (Lipinski definition) is 2. The summed E-state index contributed by atoms with van der Waals surface area (Å²) in [5.74, 6) is 0. The van der Waals surface area contributed by atoms with Crippen molar-refractivity contribution in [3.8, 4) is 0 Å². The number of rotatable bonds is 1. The van der Waals surface area contributed by atoms with Gasteiger partial charge in [0.25, 0.3) is 10.1 Å². The Morgan fingerprint density at radius 2 is 0.857 bits per heavy atom. The zero-order chi connectivity index (χ0) is 18.8. The van der Waals surface area contributed by atoms with Gasteiger partial charge in [-0.1, -0.05) is 60.7 Å². The molecule has 0 heterocycles. The molecule has 0 unspecified atom stereocenters. The van der Waals surface area contributed by atoms with E-state index in [0.29, 0.717) is 5.39 Å². The van der Waals surface area contributed by atoms with Crippen molar-refractivity contribution in [2.45, 2.75) is 4.90 Å². The first-order valence-corrected chi connectivity index (χ1v) is 10.5. The van der Waals surface area contributed by atoms with Gasteiger partial charge in [0.05, 0.1) is 0 Å². The van der Waals surface area contributed by atoms with E-state index in [1.54, 1.807) is 6.07 Å². The Morgan fingerprint density at radius 3 is 1.32 bits per heavy atom. The third-order valence-electron chi connectivity index (χ3n) is 6.24. The molecule has 3 nitrogen and oxygen atoms in total. The summed E-state index contributed by atoms with van der Waals surface area (Å²) in [5, 5.41) is 12.6. The van der Waals surface area contributed by atoms with Gasteiger partial charge in [-0.25, -0.2) is 0 Å². The Labute approximate surface area is 159 Å². The van der Waals surface area contributed by atoms with Gasteiger partial charge in [0, 0.05) is 10.8 Å². The van der Waals surface area contributed by atoms with E-state index in [2.05, 4.69) is 36.4 Å². The molecule has 4 heteroatoms. The van der Waals surface area contributed by atoms with Crippen LogP contribution in [0.1, 0.15) is 0 Å². The van der Waals surface area contributed by atoms with Gasteiger partial charge in [-0.2, -0.15) is 8.42 Å². The molecule has 0 bridgehead atoms. The maximum absolute atomic E-state index is 12.2. The van der Waals surface area contributed by atoms with Crippen LogP contribution >= 0.6 is 0 Å². The molecule has 0 spiro atoms. The van der Waals surface area contributed by atoms with Crippen molar-refractivity contribution in [2.24, 2.45) is 0 Å². The highest BCUT2D eigenvalue weighted by atomic mass is 32.2. The Bertz CT molecular complexity index is 1770. The van der Waals surface area contributed by atoms with Crippen LogP contribution in [-0.4, -0.2) is 13.0 Å². The molecule has 0 fully saturated rings. The molecular formula is C24H12O3S. The lowest BCUT2D eigenvalue weighted by Gasteiger charge is -2.21. The van der Waals surface area contributed by atoms with E-state index in [-0.39, 0.29) is 4.90 Å². The second-order valence-corrected chi connectivity index (χ2v) is 8.98. The average Bonchev–Trinajstić information content (AvgIpc) is 2.70. The van der Waals surface area contributed by atoms with Gasteiger partial charge in [0.1, 0.15) is 4.90 Å². The van der Waals surface area contributed by atoms with Crippen molar-refractivity contribution in [3.05, 3.63) is 66.7 Å². The topological polar surface area (TPSA) is 54.4 Å². The summed E-state index contributed by atoms with van der Waals surface area (Å²) in [6.07, 6.45) is 0. The minimum atomic E-state index is -4.35. The summed E-state index contributed by atoms with van der Waals surface area (Å²) in [4.78, 5) is -0.0280. The molecule has 0 aromatic heterocycles. The molecule has 7 aromatic carbocycles. The van der Waals surface area contributed by atoms with Crippen molar-refractivity contribution < 1.29 is 13.0 Å². The Morgan fingerprint density at radius 1 is 0.500 bits per heavy atom. The van der Waals surface area contributed by atoms with Crippen LogP contribution in [0, 0.1) is 0 Å². The lowest BCUT2D eigenvalue weighted by atomic mass is 9.83. The molecule has 0 amide bonds. The second kappa shape index (κ2) is 4.43. The Kier molecular flexibility index (Phi) is 2.34. The molecule has 0 aliphatic carbocycles. The van der Waals surface area contributed by atoms with Crippen LogP contribution in [0.3, 0.4) is 0 Å². The molecule has 0 aliphatic rings. The molecule has 0 aliphatic heterocycles. The highest BCUT2D eigenvalue weighted by molar-refractivity contribution is 7.86. The third-order valence-corrected chi connectivity index (χ3v) is 7.14. The summed E-state index contributed by atoms with van der Waals surface area (Å²) in [7, 11) is -4.35. The molecule has 0 radical (unpaired) electrons. The van der Waals surface area contributed by atoms with Crippen LogP contribution in [0.25, 0.3) is 64.6 Å². The maximum Gasteiger partial charge on any atom is 0.295 e. The normalized spacial score (nSPS) is 13.5. The van der Waals surface area contributed by atoms with Crippen LogP contribution in [0.5, 0.6) is 0 Å². The lowest BCUT2D eigenvalue weighted by molar-refractivity contribution is 0.484. The molecular weight excluding hydrogens is 368 g/mol. The second-order valence-electron chi connectivity index (χ2n) is 7.59. The summed E-state index contributed by atoms with van der Waals surface area (Å²) in [5.41, 5.74) is 0. The van der Waals surface area contributed by atoms with Crippen molar-refractivity contribution in [2.75, 3.05) is 0 Å². The first-order chi connectivity index (χ1) is 13.5. The van der Waals surface area contributed by atoms with E-state index in [1.807, 2.05) is 24.3 Å². The molecule has 7 aromatic rings. The Hall–Kier alpha value is -3.21. The standard InChI is InChI=1S/C24H12O3S/c25-28(26,27)18-11-16-8-7-14-4-2-12-1-3-13-5-6-15-9-10-17(18)24-22(15)20(13)19(12)21(14)23(16)24/h1-11H,(H,25,26,27). The minimum absolute atomic E-state index is 0.0280. The average molecular weight is 380 g/mol. The smallest absolute Gasteiger partial charge is 0.282 e. The molecule has 7 rings (SSSR count). The third kappa shape index (κ3) is 1.54. The van der Waals surface area contributed by atoms with Crippen LogP contribution in [0.15, 0.2) is 71.6 Å². The van der Waals surface area contributed by atoms with E-state index < -0.39 is 10.1 Å². The van der Waals surface area contributed by atoms with Gasteiger partial charge in [-0.05, 0) is 59.9 Å². The largest absolute Gasteiger partial charge is 0.295 e. The predicted octanol–water partition coefficient (Wildman–Crippen LogP) is 6.17. The SMILES string of the molecule is O=S(=O)(O)c1cc2ccc3ccc4ccc5ccc6ccc1c1c6c5c4c3c21. The minimum Gasteiger partial charge on any atom is -0.282 e. The maximum atomic E-state index is 12.2. The van der Waals surface area contributed by atoms with E-state index in [1.165, 1.54) is 21.5 Å². The summed E-state index contributed by atoms with van der Waals surface area (Å²) in [6, 6.07) is 22.1. The quantitative estimate of drug-likeness (QED) is 0.211. The van der Waals surface area contributed by atoms with Crippen molar-refractivity contribution in [1.29, 1.82) is 0 Å². The molecule has 0 saturated carbocycles. The summed E-state index contributed by atoms with van der Waals surface area (Å²) >= 11 is 0. The molecule has 132 valence electrons. The monoisotopic (exact) mass is 380 g/mol. The van der Waals surface area contributed by atoms with Crippen molar-refractivity contribution in [1.82, 2.24) is 0 Å². The van der Waals surface area contributed by atoms with E-state index in [0.717, 1.165) is 37.7 Å². The van der Waals surface area contributed by atoms with Gasteiger partial charge in [-0.15, -0.1) is 0 Å². The van der Waals surface area contributed by atoms with Gasteiger partial charge in [0.15, 0.2) is 0 Å². The first kappa shape index (κ1) is 14.8. The van der Waals surface area contributed by atoms with Gasteiger partial charge >= 0.3 is 0 Å². The molecule has 0 saturated heterocycles. The molecule has 28 heavy (non-hydrogen) atoms. The fraction of sp³-hybridized carbons (Fsp3) is 0. The molecule has 0 atom stereocenters. The van der Waals surface area contributed by atoms with Gasteiger partial charge in [-0.3, -0.25) is 4.55 Å². The van der Waals surface area contributed by atoms with Crippen LogP contribution in [-0.2, 0) is 10.1 Å². The molecule has 1 N–H and O–H groups in total. The van der Waals surface area contributed by atoms with E-state index >= 15 is 0 Å². The van der Waals surface area contributed by atoms with Gasteiger partial charge < -0.3 is 0 Å². The Balaban J connectivity index is 2.02. The lowest BCUT2D eigenvalue weighted by Crippen LogP contribution is -2.01. The van der Waals surface area contributed by atoms with E-state index in [9.17, 15) is 13.0 Å². The van der Waals surface area contributed by atoms with Crippen molar-refractivity contribution >= 4 is 74.8 Å². The summed E-state index contributed by atoms with van der Waals surface area (Å²) in [6.45, 7) is 0. The number of benzene rings is 7. The van der Waals surface area contributed by atoms with Crippen LogP contribution in [0.2, 0.25) is 0 Å².